The zero-order chi connectivity index (χ0) is 18.6. The Hall–Kier alpha value is -2.68. The number of carbonyl (C=O) groups is 1. The molecule has 3 aromatic heterocycles. The summed E-state index contributed by atoms with van der Waals surface area (Å²) in [7, 11) is -1.41. The van der Waals surface area contributed by atoms with E-state index in [2.05, 4.69) is 10.3 Å². The summed E-state index contributed by atoms with van der Waals surface area (Å²) in [6.07, 6.45) is 2.05. The van der Waals surface area contributed by atoms with Crippen LogP contribution in [0.2, 0.25) is 0 Å². The maximum Gasteiger partial charge on any atom is 0.268 e. The molecule has 3 aromatic rings. The number of hydrogen-bond donors (Lipinski definition) is 1. The van der Waals surface area contributed by atoms with E-state index in [-0.39, 0.29) is 22.8 Å². The highest BCUT2D eigenvalue weighted by atomic mass is 32.2. The summed E-state index contributed by atoms with van der Waals surface area (Å²) in [6.45, 7) is 1.87. The summed E-state index contributed by atoms with van der Waals surface area (Å²) in [5.41, 5.74) is 1.86. The average molecular weight is 374 g/mol. The Bertz CT molecular complexity index is 1220. The number of aromatic nitrogens is 3. The molecule has 1 N–H and O–H groups in total. The fourth-order valence-corrected chi connectivity index (χ4v) is 5.09. The van der Waals surface area contributed by atoms with E-state index in [1.54, 1.807) is 23.9 Å². The molecule has 0 unspecified atom stereocenters. The normalized spacial score (nSPS) is 19.2. The molecule has 1 amide bonds. The zero-order valence-corrected chi connectivity index (χ0v) is 15.2. The van der Waals surface area contributed by atoms with Crippen molar-refractivity contribution in [3.8, 4) is 0 Å². The highest BCUT2D eigenvalue weighted by molar-refractivity contribution is 7.91. The summed E-state index contributed by atoms with van der Waals surface area (Å²) in [5.74, 6) is -0.370. The van der Waals surface area contributed by atoms with Crippen LogP contribution in [0.4, 0.5) is 0 Å². The molecule has 4 heterocycles. The fraction of sp³-hybridized carbons (Fsp3) is 0.353. The van der Waals surface area contributed by atoms with Crippen LogP contribution in [0.3, 0.4) is 0 Å². The van der Waals surface area contributed by atoms with Gasteiger partial charge >= 0.3 is 0 Å². The molecular weight excluding hydrogens is 356 g/mol. The van der Waals surface area contributed by atoms with Gasteiger partial charge in [-0.3, -0.25) is 14.0 Å². The highest BCUT2D eigenvalue weighted by Gasteiger charge is 2.30. The summed E-state index contributed by atoms with van der Waals surface area (Å²) in [5, 5.41) is 3.10. The second-order valence-electron chi connectivity index (χ2n) is 6.70. The number of sulfone groups is 1. The van der Waals surface area contributed by atoms with Gasteiger partial charge in [0.1, 0.15) is 17.0 Å². The summed E-state index contributed by atoms with van der Waals surface area (Å²) >= 11 is 0. The molecule has 1 aliphatic heterocycles. The van der Waals surface area contributed by atoms with Crippen molar-refractivity contribution in [1.82, 2.24) is 19.3 Å². The number of hydrogen-bond acceptors (Lipinski definition) is 5. The van der Waals surface area contributed by atoms with E-state index >= 15 is 0 Å². The molecule has 0 saturated carbocycles. The second-order valence-corrected chi connectivity index (χ2v) is 8.93. The monoisotopic (exact) mass is 374 g/mol. The summed E-state index contributed by atoms with van der Waals surface area (Å²) in [6, 6.07) is 4.75. The first-order chi connectivity index (χ1) is 12.3. The molecule has 136 valence electrons. The molecule has 1 fully saturated rings. The zero-order valence-electron chi connectivity index (χ0n) is 14.4. The quantitative estimate of drug-likeness (QED) is 0.700. The lowest BCUT2D eigenvalue weighted by Gasteiger charge is -2.11. The van der Waals surface area contributed by atoms with Crippen molar-refractivity contribution in [1.29, 1.82) is 0 Å². The lowest BCUT2D eigenvalue weighted by atomic mass is 10.2. The maximum absolute atomic E-state index is 12.8. The minimum absolute atomic E-state index is 0.0489. The Morgan fingerprint density at radius 2 is 2.12 bits per heavy atom. The van der Waals surface area contributed by atoms with E-state index in [0.717, 1.165) is 5.56 Å². The van der Waals surface area contributed by atoms with E-state index in [1.165, 1.54) is 10.5 Å². The van der Waals surface area contributed by atoms with Crippen molar-refractivity contribution in [3.05, 3.63) is 46.0 Å². The predicted octanol–water partition coefficient (Wildman–Crippen LogP) is 0.412. The molecule has 0 spiro atoms. The Labute approximate surface area is 149 Å². The number of amides is 1. The minimum atomic E-state index is -3.08. The third-order valence-corrected chi connectivity index (χ3v) is 6.59. The Balaban J connectivity index is 1.79. The summed E-state index contributed by atoms with van der Waals surface area (Å²) < 4.78 is 26.2. The number of fused-ring (bicyclic) bond motifs is 2. The molecule has 1 atom stereocenters. The average Bonchev–Trinajstić information content (AvgIpc) is 3.09. The number of pyridine rings is 1. The van der Waals surface area contributed by atoms with Gasteiger partial charge in [0.25, 0.3) is 11.5 Å². The predicted molar refractivity (Wildman–Crippen MR) is 97.2 cm³/mol. The molecule has 1 saturated heterocycles. The van der Waals surface area contributed by atoms with Crippen LogP contribution < -0.4 is 10.9 Å². The van der Waals surface area contributed by atoms with Crippen LogP contribution >= 0.6 is 0 Å². The number of carbonyl (C=O) groups excluding carboxylic acids is 1. The van der Waals surface area contributed by atoms with Gasteiger partial charge in [0, 0.05) is 19.3 Å². The van der Waals surface area contributed by atoms with Gasteiger partial charge in [-0.15, -0.1) is 0 Å². The van der Waals surface area contributed by atoms with Crippen molar-refractivity contribution in [2.45, 2.75) is 19.4 Å². The SMILES string of the molecule is Cc1cccn2c(=O)c3cc(C(=O)N[C@@H]4CCS(=O)(=O)C4)n(C)c3nc12. The van der Waals surface area contributed by atoms with Crippen LogP contribution in [0.1, 0.15) is 22.5 Å². The van der Waals surface area contributed by atoms with Crippen molar-refractivity contribution < 1.29 is 13.2 Å². The maximum atomic E-state index is 12.8. The first-order valence-corrected chi connectivity index (χ1v) is 10.1. The molecule has 0 radical (unpaired) electrons. The van der Waals surface area contributed by atoms with E-state index < -0.39 is 21.8 Å². The van der Waals surface area contributed by atoms with Gasteiger partial charge in [-0.25, -0.2) is 13.4 Å². The molecular formula is C17H18N4O4S. The molecule has 4 rings (SSSR count). The number of nitrogens with zero attached hydrogens (tertiary/aromatic N) is 3. The fourth-order valence-electron chi connectivity index (χ4n) is 3.42. The smallest absolute Gasteiger partial charge is 0.268 e. The first kappa shape index (κ1) is 16.8. The van der Waals surface area contributed by atoms with Crippen molar-refractivity contribution in [3.63, 3.8) is 0 Å². The molecule has 8 nitrogen and oxygen atoms in total. The van der Waals surface area contributed by atoms with E-state index in [9.17, 15) is 18.0 Å². The Morgan fingerprint density at radius 1 is 1.35 bits per heavy atom. The van der Waals surface area contributed by atoms with Crippen LogP contribution in [-0.4, -0.2) is 45.8 Å². The van der Waals surface area contributed by atoms with Gasteiger partial charge < -0.3 is 9.88 Å². The second kappa shape index (κ2) is 5.66. The Morgan fingerprint density at radius 3 is 2.81 bits per heavy atom. The van der Waals surface area contributed by atoms with Crippen molar-refractivity contribution in [2.75, 3.05) is 11.5 Å². The topological polar surface area (TPSA) is 103 Å². The van der Waals surface area contributed by atoms with Crippen molar-refractivity contribution in [2.24, 2.45) is 7.05 Å². The van der Waals surface area contributed by atoms with E-state index in [1.807, 2.05) is 13.0 Å². The third kappa shape index (κ3) is 2.59. The molecule has 0 aromatic carbocycles. The molecule has 1 aliphatic rings. The Kier molecular flexibility index (Phi) is 3.65. The van der Waals surface area contributed by atoms with Gasteiger partial charge in [0.05, 0.1) is 16.9 Å². The van der Waals surface area contributed by atoms with Crippen LogP contribution in [0.15, 0.2) is 29.2 Å². The molecule has 26 heavy (non-hydrogen) atoms. The number of aryl methyl sites for hydroxylation is 2. The molecule has 0 aliphatic carbocycles. The third-order valence-electron chi connectivity index (χ3n) is 4.82. The minimum Gasteiger partial charge on any atom is -0.347 e. The largest absolute Gasteiger partial charge is 0.347 e. The van der Waals surface area contributed by atoms with Crippen molar-refractivity contribution >= 4 is 32.4 Å². The molecule has 9 heteroatoms. The lowest BCUT2D eigenvalue weighted by Crippen LogP contribution is -2.36. The standard InChI is InChI=1S/C17H18N4O4S/c1-10-4-3-6-21-14(10)19-15-12(17(21)23)8-13(20(15)2)16(22)18-11-5-7-26(24,25)9-11/h3-4,6,8,11H,5,7,9H2,1-2H3,(H,18,22)/t11-/m1/s1. The van der Waals surface area contributed by atoms with E-state index in [0.29, 0.717) is 23.1 Å². The van der Waals surface area contributed by atoms with Crippen LogP contribution in [0.5, 0.6) is 0 Å². The van der Waals surface area contributed by atoms with Gasteiger partial charge in [-0.2, -0.15) is 0 Å². The number of nitrogens with one attached hydrogen (secondary N) is 1. The summed E-state index contributed by atoms with van der Waals surface area (Å²) in [4.78, 5) is 29.9. The molecule has 0 bridgehead atoms. The van der Waals surface area contributed by atoms with Gasteiger partial charge in [0.2, 0.25) is 0 Å². The first-order valence-electron chi connectivity index (χ1n) is 8.25. The lowest BCUT2D eigenvalue weighted by molar-refractivity contribution is 0.0933. The number of rotatable bonds is 2. The van der Waals surface area contributed by atoms with E-state index in [4.69, 9.17) is 0 Å². The van der Waals surface area contributed by atoms with Crippen LogP contribution in [0.25, 0.3) is 16.7 Å². The van der Waals surface area contributed by atoms with Gasteiger partial charge in [0.15, 0.2) is 9.84 Å². The van der Waals surface area contributed by atoms with Gasteiger partial charge in [-0.1, -0.05) is 6.07 Å². The van der Waals surface area contributed by atoms with Gasteiger partial charge in [-0.05, 0) is 31.0 Å². The van der Waals surface area contributed by atoms with Crippen LogP contribution in [0, 0.1) is 6.92 Å². The van der Waals surface area contributed by atoms with Crippen LogP contribution in [-0.2, 0) is 16.9 Å². The highest BCUT2D eigenvalue weighted by Crippen LogP contribution is 2.17.